The van der Waals surface area contributed by atoms with Crippen LogP contribution in [0.5, 0.6) is 0 Å². The highest BCUT2D eigenvalue weighted by Crippen LogP contribution is 2.48. The van der Waals surface area contributed by atoms with Crippen molar-refractivity contribution in [3.8, 4) is 33.4 Å². The molecule has 0 atom stereocenters. The minimum atomic E-state index is 0.912. The summed E-state index contributed by atoms with van der Waals surface area (Å²) in [6.45, 7) is 0. The molecule has 0 bridgehead atoms. The van der Waals surface area contributed by atoms with Crippen LogP contribution >= 0.6 is 0 Å². The molecule has 0 aliphatic heterocycles. The van der Waals surface area contributed by atoms with Gasteiger partial charge in [0.15, 0.2) is 0 Å². The van der Waals surface area contributed by atoms with Crippen molar-refractivity contribution in [3.05, 3.63) is 194 Å². The SMILES string of the molecule is c1ccc2cc(-c3ccc4cc(-c5c6ccccc6c(-c6cc7oc8ccc9ccccc9c8c7c7ccccc67)c6ccccc56)ccc4c3)ccc2c1. The van der Waals surface area contributed by atoms with Crippen LogP contribution in [0.1, 0.15) is 0 Å². The average Bonchev–Trinajstić information content (AvgIpc) is 3.64. The van der Waals surface area contributed by atoms with Crippen molar-refractivity contribution in [2.45, 2.75) is 0 Å². The minimum absolute atomic E-state index is 0.912. The fraction of sp³-hybridized carbons (Fsp3) is 0. The van der Waals surface area contributed by atoms with Crippen LogP contribution < -0.4 is 0 Å². The maximum absolute atomic E-state index is 6.74. The van der Waals surface area contributed by atoms with Gasteiger partial charge >= 0.3 is 0 Å². The lowest BCUT2D eigenvalue weighted by Gasteiger charge is -2.19. The Bertz CT molecular complexity index is 3490. The van der Waals surface area contributed by atoms with E-state index in [1.165, 1.54) is 109 Å². The number of fused-ring (bicyclic) bond motifs is 11. The van der Waals surface area contributed by atoms with E-state index in [4.69, 9.17) is 4.42 Å². The highest BCUT2D eigenvalue weighted by atomic mass is 16.3. The van der Waals surface area contributed by atoms with E-state index in [1.54, 1.807) is 0 Å². The zero-order chi connectivity index (χ0) is 36.0. The van der Waals surface area contributed by atoms with Gasteiger partial charge in [-0.1, -0.05) is 164 Å². The number of furan rings is 1. The first-order chi connectivity index (χ1) is 27.3. The quantitative estimate of drug-likeness (QED) is 0.168. The molecule has 0 spiro atoms. The molecule has 12 aromatic rings. The van der Waals surface area contributed by atoms with E-state index in [0.717, 1.165) is 11.2 Å². The van der Waals surface area contributed by atoms with Crippen LogP contribution in [0.4, 0.5) is 0 Å². The first kappa shape index (κ1) is 30.3. The van der Waals surface area contributed by atoms with Gasteiger partial charge in [-0.05, 0) is 128 Å². The molecule has 55 heavy (non-hydrogen) atoms. The molecule has 0 aliphatic rings. The van der Waals surface area contributed by atoms with Crippen LogP contribution in [0, 0.1) is 0 Å². The Kier molecular flexibility index (Phi) is 6.40. The molecule has 254 valence electrons. The van der Waals surface area contributed by atoms with Gasteiger partial charge in [0.05, 0.1) is 0 Å². The Morgan fingerprint density at radius 1 is 0.255 bits per heavy atom. The van der Waals surface area contributed by atoms with E-state index in [0.29, 0.717) is 0 Å². The Hall–Kier alpha value is -7.22. The van der Waals surface area contributed by atoms with E-state index in [2.05, 4.69) is 194 Å². The van der Waals surface area contributed by atoms with E-state index >= 15 is 0 Å². The van der Waals surface area contributed by atoms with Gasteiger partial charge in [-0.3, -0.25) is 0 Å². The van der Waals surface area contributed by atoms with Crippen molar-refractivity contribution in [3.63, 3.8) is 0 Å². The van der Waals surface area contributed by atoms with Crippen LogP contribution in [0.2, 0.25) is 0 Å². The zero-order valence-corrected chi connectivity index (χ0v) is 29.9. The summed E-state index contributed by atoms with van der Waals surface area (Å²) in [5.41, 5.74) is 9.19. The number of hydrogen-bond acceptors (Lipinski definition) is 1. The van der Waals surface area contributed by atoms with Crippen LogP contribution in [0.25, 0.3) is 120 Å². The van der Waals surface area contributed by atoms with Gasteiger partial charge in [0, 0.05) is 10.8 Å². The standard InChI is InChI=1S/C54H32O/c1-2-13-35-29-36(22-21-33(35)11-1)37-23-24-39-31-40(26-25-38(39)30-37)51-44-17-7-9-19-46(44)52(47-20-10-8-18-45(47)51)48-32-50-54(43-16-6-5-15-42(43)48)53-41-14-4-3-12-34(41)27-28-49(53)55-50/h1-32H. The average molecular weight is 697 g/mol. The topological polar surface area (TPSA) is 13.1 Å². The summed E-state index contributed by atoms with van der Waals surface area (Å²) >= 11 is 0. The van der Waals surface area contributed by atoms with Crippen molar-refractivity contribution in [2.24, 2.45) is 0 Å². The van der Waals surface area contributed by atoms with E-state index in [-0.39, 0.29) is 0 Å². The molecule has 12 rings (SSSR count). The molecule has 0 aliphatic carbocycles. The smallest absolute Gasteiger partial charge is 0.136 e. The molecule has 0 amide bonds. The third-order valence-electron chi connectivity index (χ3n) is 11.8. The van der Waals surface area contributed by atoms with Crippen LogP contribution in [0.15, 0.2) is 199 Å². The summed E-state index contributed by atoms with van der Waals surface area (Å²) < 4.78 is 6.74. The number of hydrogen-bond donors (Lipinski definition) is 0. The molecule has 0 radical (unpaired) electrons. The molecule has 1 aromatic heterocycles. The molecule has 0 saturated heterocycles. The Labute approximate surface area is 317 Å². The third-order valence-corrected chi connectivity index (χ3v) is 11.8. The number of rotatable bonds is 3. The fourth-order valence-corrected chi connectivity index (χ4v) is 9.29. The first-order valence-corrected chi connectivity index (χ1v) is 19.0. The van der Waals surface area contributed by atoms with Crippen molar-refractivity contribution >= 4 is 86.6 Å². The van der Waals surface area contributed by atoms with Crippen LogP contribution in [0.3, 0.4) is 0 Å². The van der Waals surface area contributed by atoms with Gasteiger partial charge in [0.2, 0.25) is 0 Å². The van der Waals surface area contributed by atoms with Crippen molar-refractivity contribution in [1.29, 1.82) is 0 Å². The summed E-state index contributed by atoms with van der Waals surface area (Å²) in [6.07, 6.45) is 0. The highest BCUT2D eigenvalue weighted by Gasteiger charge is 2.21. The van der Waals surface area contributed by atoms with Gasteiger partial charge in [-0.15, -0.1) is 0 Å². The number of benzene rings is 11. The van der Waals surface area contributed by atoms with Gasteiger partial charge in [0.1, 0.15) is 11.2 Å². The van der Waals surface area contributed by atoms with Gasteiger partial charge in [0.25, 0.3) is 0 Å². The summed E-state index contributed by atoms with van der Waals surface area (Å²) in [7, 11) is 0. The zero-order valence-electron chi connectivity index (χ0n) is 29.9. The predicted molar refractivity (Wildman–Crippen MR) is 235 cm³/mol. The second kappa shape index (κ2) is 11.6. The summed E-state index contributed by atoms with van der Waals surface area (Å²) in [6, 6.07) is 71.1. The largest absolute Gasteiger partial charge is 0.456 e. The molecule has 0 N–H and O–H groups in total. The van der Waals surface area contributed by atoms with Crippen LogP contribution in [-0.2, 0) is 0 Å². The summed E-state index contributed by atoms with van der Waals surface area (Å²) in [4.78, 5) is 0. The molecular weight excluding hydrogens is 665 g/mol. The third kappa shape index (κ3) is 4.54. The summed E-state index contributed by atoms with van der Waals surface area (Å²) in [5.74, 6) is 0. The predicted octanol–water partition coefficient (Wildman–Crippen LogP) is 15.5. The van der Waals surface area contributed by atoms with Crippen molar-refractivity contribution in [2.75, 3.05) is 0 Å². The van der Waals surface area contributed by atoms with E-state index < -0.39 is 0 Å². The van der Waals surface area contributed by atoms with Gasteiger partial charge in [-0.2, -0.15) is 0 Å². The minimum Gasteiger partial charge on any atom is -0.456 e. The second-order valence-electron chi connectivity index (χ2n) is 14.8. The first-order valence-electron chi connectivity index (χ1n) is 19.0. The monoisotopic (exact) mass is 696 g/mol. The molecule has 0 fully saturated rings. The van der Waals surface area contributed by atoms with E-state index in [1.807, 2.05) is 0 Å². The molecule has 1 nitrogen and oxygen atoms in total. The molecule has 11 aromatic carbocycles. The molecular formula is C54H32O. The van der Waals surface area contributed by atoms with Gasteiger partial charge in [-0.25, -0.2) is 0 Å². The normalized spacial score (nSPS) is 12.0. The molecule has 0 saturated carbocycles. The Morgan fingerprint density at radius 2 is 0.691 bits per heavy atom. The van der Waals surface area contributed by atoms with E-state index in [9.17, 15) is 0 Å². The Balaban J connectivity index is 1.09. The molecule has 0 unspecified atom stereocenters. The maximum Gasteiger partial charge on any atom is 0.136 e. The molecule has 1 heterocycles. The summed E-state index contributed by atoms with van der Waals surface area (Å²) in [5, 5.41) is 17.2. The lowest BCUT2D eigenvalue weighted by Crippen LogP contribution is -1.92. The van der Waals surface area contributed by atoms with Gasteiger partial charge < -0.3 is 4.42 Å². The Morgan fingerprint density at radius 3 is 1.36 bits per heavy atom. The lowest BCUT2D eigenvalue weighted by atomic mass is 9.84. The highest BCUT2D eigenvalue weighted by molar-refractivity contribution is 6.31. The lowest BCUT2D eigenvalue weighted by molar-refractivity contribution is 0.669. The van der Waals surface area contributed by atoms with Crippen LogP contribution in [-0.4, -0.2) is 0 Å². The maximum atomic E-state index is 6.74. The van der Waals surface area contributed by atoms with Crippen molar-refractivity contribution < 1.29 is 4.42 Å². The molecule has 1 heteroatoms. The fourth-order valence-electron chi connectivity index (χ4n) is 9.29. The van der Waals surface area contributed by atoms with Crippen molar-refractivity contribution in [1.82, 2.24) is 0 Å². The second-order valence-corrected chi connectivity index (χ2v) is 14.8.